The first-order valence-corrected chi connectivity index (χ1v) is 7.27. The third-order valence-corrected chi connectivity index (χ3v) is 2.75. The fourth-order valence-corrected chi connectivity index (χ4v) is 1.64. The average molecular weight is 393 g/mol. The second-order valence-corrected chi connectivity index (χ2v) is 5.10. The minimum atomic E-state index is 0. The van der Waals surface area contributed by atoms with E-state index in [9.17, 15) is 0 Å². The van der Waals surface area contributed by atoms with E-state index in [-0.39, 0.29) is 24.0 Å². The Hall–Kier alpha value is -0.720. The number of hydrogen-bond acceptors (Lipinski definition) is 2. The number of rotatable bonds is 8. The van der Waals surface area contributed by atoms with E-state index in [1.807, 2.05) is 12.1 Å². The number of aliphatic imine (C=N–C) groups is 1. The number of nitrogens with zero attached hydrogens (tertiary/aromatic N) is 1. The van der Waals surface area contributed by atoms with E-state index in [2.05, 4.69) is 36.4 Å². The quantitative estimate of drug-likeness (QED) is 0.404. The molecule has 1 aromatic rings. The Balaban J connectivity index is 0.00000361. The Morgan fingerprint density at radius 2 is 2.05 bits per heavy atom. The maximum atomic E-state index is 5.31. The number of hydrogen-bond donors (Lipinski definition) is 2. The third kappa shape index (κ3) is 9.23. The zero-order valence-electron chi connectivity index (χ0n) is 12.8. The number of furan rings is 1. The Bertz CT molecular complexity index is 350. The van der Waals surface area contributed by atoms with Crippen LogP contribution in [0.1, 0.15) is 39.4 Å². The fraction of sp³-hybridized carbons (Fsp3) is 0.667. The second kappa shape index (κ2) is 12.1. The summed E-state index contributed by atoms with van der Waals surface area (Å²) in [7, 11) is 0. The summed E-state index contributed by atoms with van der Waals surface area (Å²) in [6.45, 7) is 9.26. The molecule has 116 valence electrons. The summed E-state index contributed by atoms with van der Waals surface area (Å²) < 4.78 is 5.31. The molecular formula is C15H28IN3O. The first kappa shape index (κ1) is 19.3. The van der Waals surface area contributed by atoms with Gasteiger partial charge in [-0.25, -0.2) is 0 Å². The lowest BCUT2D eigenvalue weighted by molar-refractivity contribution is 0.506. The van der Waals surface area contributed by atoms with Gasteiger partial charge in [0.15, 0.2) is 5.96 Å². The van der Waals surface area contributed by atoms with Crippen LogP contribution >= 0.6 is 24.0 Å². The van der Waals surface area contributed by atoms with E-state index in [4.69, 9.17) is 4.42 Å². The predicted octanol–water partition coefficient (Wildman–Crippen LogP) is 3.43. The highest BCUT2D eigenvalue weighted by Crippen LogP contribution is 1.99. The van der Waals surface area contributed by atoms with Crippen molar-refractivity contribution in [3.8, 4) is 0 Å². The van der Waals surface area contributed by atoms with Crippen molar-refractivity contribution < 1.29 is 4.42 Å². The summed E-state index contributed by atoms with van der Waals surface area (Å²) in [6.07, 6.45) is 4.81. The third-order valence-electron chi connectivity index (χ3n) is 2.75. The minimum Gasteiger partial charge on any atom is -0.469 e. The molecule has 0 aliphatic rings. The summed E-state index contributed by atoms with van der Waals surface area (Å²) in [5.41, 5.74) is 0. The molecule has 1 heterocycles. The molecule has 0 saturated heterocycles. The standard InChI is InChI=1S/C15H27N3O.HI/c1-4-9-16-15(17-10-7-13(2)3)18-11-8-14-6-5-12-19-14;/h5-6,12-13H,4,7-11H2,1-3H3,(H2,16,17,18);1H. The highest BCUT2D eigenvalue weighted by molar-refractivity contribution is 14.0. The van der Waals surface area contributed by atoms with Gasteiger partial charge in [0.2, 0.25) is 0 Å². The van der Waals surface area contributed by atoms with Gasteiger partial charge in [0, 0.05) is 26.1 Å². The molecule has 0 unspecified atom stereocenters. The number of halogens is 1. The molecule has 1 aromatic heterocycles. The molecule has 5 heteroatoms. The van der Waals surface area contributed by atoms with Crippen LogP contribution in [0.4, 0.5) is 0 Å². The van der Waals surface area contributed by atoms with Gasteiger partial charge in [-0.2, -0.15) is 0 Å². The van der Waals surface area contributed by atoms with Gasteiger partial charge >= 0.3 is 0 Å². The molecule has 0 atom stereocenters. The van der Waals surface area contributed by atoms with E-state index in [0.717, 1.165) is 50.6 Å². The molecule has 0 fully saturated rings. The lowest BCUT2D eigenvalue weighted by Gasteiger charge is -2.13. The molecule has 0 saturated carbocycles. The van der Waals surface area contributed by atoms with Crippen molar-refractivity contribution in [2.24, 2.45) is 10.9 Å². The number of nitrogens with one attached hydrogen (secondary N) is 2. The first-order valence-electron chi connectivity index (χ1n) is 7.27. The van der Waals surface area contributed by atoms with Crippen LogP contribution in [-0.2, 0) is 6.42 Å². The Morgan fingerprint density at radius 1 is 1.30 bits per heavy atom. The molecule has 0 radical (unpaired) electrons. The van der Waals surface area contributed by atoms with Crippen molar-refractivity contribution >= 4 is 29.9 Å². The maximum Gasteiger partial charge on any atom is 0.191 e. The zero-order valence-corrected chi connectivity index (χ0v) is 15.1. The molecule has 1 rings (SSSR count). The summed E-state index contributed by atoms with van der Waals surface area (Å²) in [5, 5.41) is 6.72. The van der Waals surface area contributed by atoms with Gasteiger partial charge in [-0.15, -0.1) is 24.0 Å². The molecule has 0 spiro atoms. The van der Waals surface area contributed by atoms with Crippen LogP contribution in [-0.4, -0.2) is 25.6 Å². The van der Waals surface area contributed by atoms with Gasteiger partial charge in [0.05, 0.1) is 6.26 Å². The molecular weight excluding hydrogens is 365 g/mol. The van der Waals surface area contributed by atoms with Gasteiger partial charge < -0.3 is 15.1 Å². The van der Waals surface area contributed by atoms with Gasteiger partial charge in [0.25, 0.3) is 0 Å². The lowest BCUT2D eigenvalue weighted by atomic mass is 10.1. The minimum absolute atomic E-state index is 0. The number of guanidine groups is 1. The molecule has 0 aromatic carbocycles. The topological polar surface area (TPSA) is 49.6 Å². The van der Waals surface area contributed by atoms with Crippen molar-refractivity contribution in [3.63, 3.8) is 0 Å². The molecule has 0 aliphatic heterocycles. The lowest BCUT2D eigenvalue weighted by Crippen LogP contribution is -2.39. The van der Waals surface area contributed by atoms with Crippen LogP contribution in [0.2, 0.25) is 0 Å². The van der Waals surface area contributed by atoms with Crippen LogP contribution in [0.3, 0.4) is 0 Å². The van der Waals surface area contributed by atoms with Crippen molar-refractivity contribution in [2.75, 3.05) is 19.6 Å². The van der Waals surface area contributed by atoms with Crippen molar-refractivity contribution in [1.29, 1.82) is 0 Å². The smallest absolute Gasteiger partial charge is 0.191 e. The van der Waals surface area contributed by atoms with E-state index < -0.39 is 0 Å². The Morgan fingerprint density at radius 3 is 2.65 bits per heavy atom. The van der Waals surface area contributed by atoms with Crippen LogP contribution in [0.5, 0.6) is 0 Å². The normalized spacial score (nSPS) is 11.3. The highest BCUT2D eigenvalue weighted by atomic mass is 127. The summed E-state index contributed by atoms with van der Waals surface area (Å²) in [4.78, 5) is 4.52. The second-order valence-electron chi connectivity index (χ2n) is 5.10. The van der Waals surface area contributed by atoms with E-state index >= 15 is 0 Å². The maximum absolute atomic E-state index is 5.31. The Labute approximate surface area is 139 Å². The molecule has 4 nitrogen and oxygen atoms in total. The van der Waals surface area contributed by atoms with Crippen molar-refractivity contribution in [3.05, 3.63) is 24.2 Å². The molecule has 2 N–H and O–H groups in total. The van der Waals surface area contributed by atoms with Crippen molar-refractivity contribution in [2.45, 2.75) is 40.0 Å². The van der Waals surface area contributed by atoms with Crippen LogP contribution in [0, 0.1) is 5.92 Å². The first-order chi connectivity index (χ1) is 9.22. The van der Waals surface area contributed by atoms with E-state index in [0.29, 0.717) is 5.92 Å². The predicted molar refractivity (Wildman–Crippen MR) is 95.9 cm³/mol. The average Bonchev–Trinajstić information content (AvgIpc) is 2.88. The highest BCUT2D eigenvalue weighted by Gasteiger charge is 2.00. The van der Waals surface area contributed by atoms with Crippen LogP contribution in [0.15, 0.2) is 27.8 Å². The monoisotopic (exact) mass is 393 g/mol. The largest absolute Gasteiger partial charge is 0.469 e. The fourth-order valence-electron chi connectivity index (χ4n) is 1.64. The molecule has 0 bridgehead atoms. The van der Waals surface area contributed by atoms with E-state index in [1.54, 1.807) is 6.26 Å². The molecule has 0 amide bonds. The van der Waals surface area contributed by atoms with Gasteiger partial charge in [-0.1, -0.05) is 20.8 Å². The van der Waals surface area contributed by atoms with Gasteiger partial charge in [0.1, 0.15) is 5.76 Å². The summed E-state index contributed by atoms with van der Waals surface area (Å²) >= 11 is 0. The summed E-state index contributed by atoms with van der Waals surface area (Å²) in [5.74, 6) is 2.63. The SMILES string of the molecule is CCCN=C(NCCc1ccco1)NCCC(C)C.I. The van der Waals surface area contributed by atoms with E-state index in [1.165, 1.54) is 0 Å². The Kier molecular flexibility index (Phi) is 11.6. The van der Waals surface area contributed by atoms with Crippen molar-refractivity contribution in [1.82, 2.24) is 10.6 Å². The summed E-state index contributed by atoms with van der Waals surface area (Å²) in [6, 6.07) is 3.92. The van der Waals surface area contributed by atoms with Gasteiger partial charge in [-0.05, 0) is 30.9 Å². The van der Waals surface area contributed by atoms with Gasteiger partial charge in [-0.3, -0.25) is 4.99 Å². The molecule has 20 heavy (non-hydrogen) atoms. The van der Waals surface area contributed by atoms with Crippen LogP contribution < -0.4 is 10.6 Å². The zero-order chi connectivity index (χ0) is 13.9. The van der Waals surface area contributed by atoms with Crippen LogP contribution in [0.25, 0.3) is 0 Å². The molecule has 0 aliphatic carbocycles.